The molecule has 3 atom stereocenters. The highest BCUT2D eigenvalue weighted by Crippen LogP contribution is 2.34. The summed E-state index contributed by atoms with van der Waals surface area (Å²) in [7, 11) is 5.19. The number of carbonyl (C=O) groups excluding carboxylic acids is 1. The Morgan fingerprint density at radius 1 is 1.42 bits per heavy atom. The van der Waals surface area contributed by atoms with Gasteiger partial charge in [0.15, 0.2) is 5.96 Å². The van der Waals surface area contributed by atoms with E-state index in [1.165, 1.54) is 6.42 Å². The Morgan fingerprint density at radius 3 is 2.63 bits per heavy atom. The van der Waals surface area contributed by atoms with Gasteiger partial charge in [0.2, 0.25) is 5.91 Å². The molecule has 0 saturated carbocycles. The van der Waals surface area contributed by atoms with Crippen LogP contribution in [0.1, 0.15) is 19.3 Å². The smallest absolute Gasteiger partial charge is 0.241 e. The van der Waals surface area contributed by atoms with Crippen LogP contribution in [0.3, 0.4) is 0 Å². The van der Waals surface area contributed by atoms with Gasteiger partial charge in [-0.05, 0) is 19.3 Å². The maximum Gasteiger partial charge on any atom is 0.241 e. The van der Waals surface area contributed by atoms with E-state index in [2.05, 4.69) is 15.6 Å². The molecule has 0 spiro atoms. The highest BCUT2D eigenvalue weighted by molar-refractivity contribution is 14.0. The first-order valence-electron chi connectivity index (χ1n) is 6.43. The van der Waals surface area contributed by atoms with Crippen LogP contribution in [-0.2, 0) is 9.53 Å². The molecule has 19 heavy (non-hydrogen) atoms. The first-order valence-corrected chi connectivity index (χ1v) is 6.43. The van der Waals surface area contributed by atoms with Crippen LogP contribution in [0.15, 0.2) is 4.99 Å². The molecule has 0 aliphatic carbocycles. The van der Waals surface area contributed by atoms with Gasteiger partial charge in [-0.1, -0.05) is 0 Å². The van der Waals surface area contributed by atoms with E-state index in [4.69, 9.17) is 4.74 Å². The molecule has 0 radical (unpaired) electrons. The molecule has 0 aromatic heterocycles. The third-order valence-corrected chi connectivity index (χ3v) is 3.56. The molecule has 0 aromatic carbocycles. The van der Waals surface area contributed by atoms with Crippen LogP contribution < -0.4 is 10.6 Å². The van der Waals surface area contributed by atoms with Crippen molar-refractivity contribution in [1.82, 2.24) is 15.5 Å². The Hall–Kier alpha value is -0.570. The van der Waals surface area contributed by atoms with Crippen molar-refractivity contribution in [2.24, 2.45) is 4.99 Å². The quantitative estimate of drug-likeness (QED) is 0.415. The molecule has 2 bridgehead atoms. The highest BCUT2D eigenvalue weighted by atomic mass is 127. The summed E-state index contributed by atoms with van der Waals surface area (Å²) in [5, 5.41) is 6.36. The average molecular weight is 382 g/mol. The summed E-state index contributed by atoms with van der Waals surface area (Å²) >= 11 is 0. The third-order valence-electron chi connectivity index (χ3n) is 3.56. The van der Waals surface area contributed by atoms with E-state index in [0.717, 1.165) is 12.8 Å². The summed E-state index contributed by atoms with van der Waals surface area (Å²) in [6, 6.07) is 0.324. The second kappa shape index (κ2) is 7.28. The predicted octanol–water partition coefficient (Wildman–Crippen LogP) is 0.178. The van der Waals surface area contributed by atoms with Crippen molar-refractivity contribution in [1.29, 1.82) is 0 Å². The fourth-order valence-electron chi connectivity index (χ4n) is 2.48. The van der Waals surface area contributed by atoms with E-state index in [1.807, 2.05) is 0 Å². The van der Waals surface area contributed by atoms with Crippen LogP contribution in [-0.4, -0.2) is 62.7 Å². The van der Waals surface area contributed by atoms with Crippen molar-refractivity contribution in [2.75, 3.05) is 27.7 Å². The lowest BCUT2D eigenvalue weighted by Gasteiger charge is -2.22. The van der Waals surface area contributed by atoms with Crippen LogP contribution in [0, 0.1) is 0 Å². The lowest BCUT2D eigenvalue weighted by atomic mass is 9.96. The van der Waals surface area contributed by atoms with Crippen LogP contribution in [0.2, 0.25) is 0 Å². The first kappa shape index (κ1) is 16.5. The number of hydrogen-bond acceptors (Lipinski definition) is 3. The fourth-order valence-corrected chi connectivity index (χ4v) is 2.48. The number of guanidine groups is 1. The second-order valence-corrected chi connectivity index (χ2v) is 5.07. The van der Waals surface area contributed by atoms with Gasteiger partial charge in [-0.2, -0.15) is 0 Å². The molecule has 2 heterocycles. The molecular weight excluding hydrogens is 359 g/mol. The summed E-state index contributed by atoms with van der Waals surface area (Å²) < 4.78 is 5.77. The maximum atomic E-state index is 11.5. The van der Waals surface area contributed by atoms with Crippen molar-refractivity contribution in [2.45, 2.75) is 37.5 Å². The SMILES string of the molecule is CN=C(NCC(=O)N(C)C)NC1CC2CCC1O2.I. The summed E-state index contributed by atoms with van der Waals surface area (Å²) in [5.41, 5.74) is 0. The van der Waals surface area contributed by atoms with E-state index in [-0.39, 0.29) is 36.4 Å². The number of nitrogens with zero attached hydrogens (tertiary/aromatic N) is 2. The van der Waals surface area contributed by atoms with Crippen LogP contribution in [0.5, 0.6) is 0 Å². The summed E-state index contributed by atoms with van der Waals surface area (Å²) in [4.78, 5) is 17.2. The second-order valence-electron chi connectivity index (χ2n) is 5.07. The van der Waals surface area contributed by atoms with E-state index >= 15 is 0 Å². The molecule has 2 aliphatic heterocycles. The Labute approximate surface area is 131 Å². The topological polar surface area (TPSA) is 66.0 Å². The van der Waals surface area contributed by atoms with Crippen molar-refractivity contribution >= 4 is 35.8 Å². The Balaban J connectivity index is 0.00000180. The zero-order valence-corrected chi connectivity index (χ0v) is 14.0. The van der Waals surface area contributed by atoms with Crippen molar-refractivity contribution < 1.29 is 9.53 Å². The molecule has 2 fully saturated rings. The Kier molecular flexibility index (Phi) is 6.31. The molecule has 6 nitrogen and oxygen atoms in total. The van der Waals surface area contributed by atoms with Crippen LogP contribution in [0.4, 0.5) is 0 Å². The zero-order chi connectivity index (χ0) is 13.1. The molecule has 7 heteroatoms. The van der Waals surface area contributed by atoms with Gasteiger partial charge in [-0.25, -0.2) is 0 Å². The fraction of sp³-hybridized carbons (Fsp3) is 0.833. The number of ether oxygens (including phenoxy) is 1. The number of likely N-dealkylation sites (N-methyl/N-ethyl adjacent to an activating group) is 1. The number of amides is 1. The van der Waals surface area contributed by atoms with Gasteiger partial charge in [0.05, 0.1) is 24.8 Å². The lowest BCUT2D eigenvalue weighted by Crippen LogP contribution is -2.49. The number of rotatable bonds is 3. The number of aliphatic imine (C=N–C) groups is 1. The maximum absolute atomic E-state index is 11.5. The molecule has 1 amide bonds. The van der Waals surface area contributed by atoms with Gasteiger partial charge in [0.1, 0.15) is 0 Å². The summed E-state index contributed by atoms with van der Waals surface area (Å²) in [6.07, 6.45) is 4.05. The lowest BCUT2D eigenvalue weighted by molar-refractivity contribution is -0.127. The average Bonchev–Trinajstić information content (AvgIpc) is 2.95. The summed E-state index contributed by atoms with van der Waals surface area (Å²) in [5.74, 6) is 0.702. The van der Waals surface area contributed by atoms with E-state index in [0.29, 0.717) is 24.2 Å². The largest absolute Gasteiger partial charge is 0.373 e. The predicted molar refractivity (Wildman–Crippen MR) is 84.9 cm³/mol. The van der Waals surface area contributed by atoms with E-state index in [9.17, 15) is 4.79 Å². The Morgan fingerprint density at radius 2 is 2.16 bits per heavy atom. The van der Waals surface area contributed by atoms with Crippen LogP contribution in [0.25, 0.3) is 0 Å². The van der Waals surface area contributed by atoms with Gasteiger partial charge in [-0.15, -0.1) is 24.0 Å². The van der Waals surface area contributed by atoms with Crippen LogP contribution >= 0.6 is 24.0 Å². The molecule has 0 aromatic rings. The van der Waals surface area contributed by atoms with Gasteiger partial charge in [0.25, 0.3) is 0 Å². The van der Waals surface area contributed by atoms with Gasteiger partial charge >= 0.3 is 0 Å². The monoisotopic (exact) mass is 382 g/mol. The molecule has 2 aliphatic rings. The molecular formula is C12H23IN4O2. The van der Waals surface area contributed by atoms with Crippen molar-refractivity contribution in [3.63, 3.8) is 0 Å². The molecule has 2 saturated heterocycles. The normalized spacial score (nSPS) is 28.8. The van der Waals surface area contributed by atoms with Gasteiger partial charge in [-0.3, -0.25) is 9.79 Å². The minimum Gasteiger partial charge on any atom is -0.373 e. The van der Waals surface area contributed by atoms with Gasteiger partial charge < -0.3 is 20.3 Å². The minimum absolute atomic E-state index is 0. The van der Waals surface area contributed by atoms with Crippen molar-refractivity contribution in [3.8, 4) is 0 Å². The number of fused-ring (bicyclic) bond motifs is 2. The third kappa shape index (κ3) is 4.20. The van der Waals surface area contributed by atoms with Gasteiger partial charge in [0, 0.05) is 21.1 Å². The first-order chi connectivity index (χ1) is 8.60. The number of carbonyl (C=O) groups is 1. The van der Waals surface area contributed by atoms with E-state index in [1.54, 1.807) is 26.0 Å². The standard InChI is InChI=1S/C12H22N4O2.HI/c1-13-12(14-7-11(17)16(2)3)15-9-6-8-4-5-10(9)18-8;/h8-10H,4-7H2,1-3H3,(H2,13,14,15);1H. The number of nitrogens with one attached hydrogen (secondary N) is 2. The molecule has 110 valence electrons. The minimum atomic E-state index is 0. The van der Waals surface area contributed by atoms with E-state index < -0.39 is 0 Å². The molecule has 3 unspecified atom stereocenters. The highest BCUT2D eigenvalue weighted by Gasteiger charge is 2.41. The van der Waals surface area contributed by atoms with Crippen molar-refractivity contribution in [3.05, 3.63) is 0 Å². The molecule has 2 rings (SSSR count). The Bertz CT molecular complexity index is 349. The zero-order valence-electron chi connectivity index (χ0n) is 11.7. The summed E-state index contributed by atoms with van der Waals surface area (Å²) in [6.45, 7) is 0.258. The molecule has 2 N–H and O–H groups in total. The number of hydrogen-bond donors (Lipinski definition) is 2. The number of halogens is 1.